The van der Waals surface area contributed by atoms with E-state index in [1.54, 1.807) is 18.3 Å². The summed E-state index contributed by atoms with van der Waals surface area (Å²) < 4.78 is 5.26. The Labute approximate surface area is 222 Å². The zero-order chi connectivity index (χ0) is 27.0. The molecule has 37 heavy (non-hydrogen) atoms. The van der Waals surface area contributed by atoms with Crippen molar-refractivity contribution in [1.82, 2.24) is 25.3 Å². The van der Waals surface area contributed by atoms with E-state index in [2.05, 4.69) is 25.7 Å². The lowest BCUT2D eigenvalue weighted by Gasteiger charge is -2.25. The predicted molar refractivity (Wildman–Crippen MR) is 149 cm³/mol. The molecule has 3 aromatic rings. The molecule has 0 aliphatic heterocycles. The number of anilines is 2. The van der Waals surface area contributed by atoms with Gasteiger partial charge < -0.3 is 25.8 Å². The Balaban J connectivity index is 0.000000695. The molecule has 1 saturated carbocycles. The van der Waals surface area contributed by atoms with Crippen molar-refractivity contribution in [1.29, 1.82) is 0 Å². The number of nitrogens with zero attached hydrogens (tertiary/aromatic N) is 4. The second kappa shape index (κ2) is 13.1. The monoisotopic (exact) mass is 529 g/mol. The average molecular weight is 530 g/mol. The van der Waals surface area contributed by atoms with Gasteiger partial charge in [-0.05, 0) is 72.9 Å². The van der Waals surface area contributed by atoms with Crippen LogP contribution in [-0.4, -0.2) is 69.9 Å². The van der Waals surface area contributed by atoms with Gasteiger partial charge in [-0.15, -0.1) is 11.3 Å². The smallest absolute Gasteiger partial charge is 0.293 e. The van der Waals surface area contributed by atoms with Crippen LogP contribution in [0.15, 0.2) is 12.3 Å². The van der Waals surface area contributed by atoms with E-state index in [0.717, 1.165) is 70.3 Å². The first kappa shape index (κ1) is 28.7. The molecule has 3 heterocycles. The number of aryl methyl sites for hydroxylation is 2. The highest BCUT2D eigenvalue weighted by Gasteiger charge is 2.35. The number of fused-ring (bicyclic) bond motifs is 1. The zero-order valence-electron chi connectivity index (χ0n) is 22.6. The van der Waals surface area contributed by atoms with Crippen LogP contribution in [0.2, 0.25) is 0 Å². The molecule has 0 aromatic carbocycles. The summed E-state index contributed by atoms with van der Waals surface area (Å²) in [5.41, 5.74) is 3.01. The van der Waals surface area contributed by atoms with Gasteiger partial charge in [0, 0.05) is 25.3 Å². The summed E-state index contributed by atoms with van der Waals surface area (Å²) >= 11 is 1.64. The van der Waals surface area contributed by atoms with E-state index in [0.29, 0.717) is 19.0 Å². The first-order valence-corrected chi connectivity index (χ1v) is 13.5. The highest BCUT2D eigenvalue weighted by molar-refractivity contribution is 7.21. The minimum Gasteiger partial charge on any atom is -0.468 e. The van der Waals surface area contributed by atoms with Gasteiger partial charge in [0.2, 0.25) is 5.95 Å². The van der Waals surface area contributed by atoms with Gasteiger partial charge in [0.1, 0.15) is 16.3 Å². The number of rotatable bonds is 10. The third-order valence-corrected chi connectivity index (χ3v) is 7.50. The van der Waals surface area contributed by atoms with Crippen molar-refractivity contribution in [3.05, 3.63) is 23.7 Å². The van der Waals surface area contributed by atoms with E-state index < -0.39 is 5.60 Å². The van der Waals surface area contributed by atoms with E-state index in [1.807, 2.05) is 47.0 Å². The number of ether oxygens (including phenoxy) is 1. The number of thiazole rings is 1. The molecule has 2 atom stereocenters. The zero-order valence-corrected chi connectivity index (χ0v) is 23.4. The van der Waals surface area contributed by atoms with E-state index >= 15 is 0 Å². The van der Waals surface area contributed by atoms with E-state index in [1.165, 1.54) is 0 Å². The van der Waals surface area contributed by atoms with E-state index in [-0.39, 0.29) is 12.0 Å². The van der Waals surface area contributed by atoms with Crippen molar-refractivity contribution in [3.63, 3.8) is 0 Å². The second-order valence-electron chi connectivity index (χ2n) is 9.71. The molecule has 4 rings (SSSR count). The van der Waals surface area contributed by atoms with Gasteiger partial charge in [0.05, 0.1) is 33.9 Å². The maximum atomic E-state index is 10.5. The molecule has 0 bridgehead atoms. The number of likely N-dealkylation sites (N-methyl/N-ethyl adjacent to an activating group) is 1. The molecular formula is C26H39N7O3S. The Bertz CT molecular complexity index is 1180. The van der Waals surface area contributed by atoms with Gasteiger partial charge in [-0.2, -0.15) is 4.98 Å². The normalized spacial score (nSPS) is 17.3. The van der Waals surface area contributed by atoms with Crippen molar-refractivity contribution in [3.8, 4) is 10.6 Å². The summed E-state index contributed by atoms with van der Waals surface area (Å²) in [6.45, 7) is 12.0. The van der Waals surface area contributed by atoms with Crippen LogP contribution in [0.25, 0.3) is 20.8 Å². The highest BCUT2D eigenvalue weighted by Crippen LogP contribution is 2.39. The number of carbonyl (C=O) groups excluding carboxylic acids is 1. The number of aromatic nitrogens is 4. The number of nitrogens with one attached hydrogen (secondary N) is 3. The highest BCUT2D eigenvalue weighted by atomic mass is 32.1. The lowest BCUT2D eigenvalue weighted by molar-refractivity contribution is -0.128. The van der Waals surface area contributed by atoms with Crippen LogP contribution in [0.3, 0.4) is 0 Å². The number of aliphatic hydroxyl groups is 1. The molecule has 0 saturated heterocycles. The molecule has 1 aliphatic rings. The standard InChI is InChI=1S/C23H33N7OS.C3H6O2/c1-13-18(21-29-19-14(2)25-9-8-17(19)32-21)20(30-22(27-13)26-11-10-24-5)28-16-7-6-15(12-16)23(3,4)31;1-2-5-3-4/h8-9,15-16,24,31H,6-7,10-12H2,1-5H3,(H2,26,27,28,30);3H,2H2,1H3. The summed E-state index contributed by atoms with van der Waals surface area (Å²) in [6.07, 6.45) is 4.74. The summed E-state index contributed by atoms with van der Waals surface area (Å²) in [5.74, 6) is 1.69. The summed E-state index contributed by atoms with van der Waals surface area (Å²) in [4.78, 5) is 28.1. The lowest BCUT2D eigenvalue weighted by atomic mass is 9.89. The molecule has 11 heteroatoms. The number of pyridine rings is 1. The first-order chi connectivity index (χ1) is 17.7. The molecule has 0 amide bonds. The summed E-state index contributed by atoms with van der Waals surface area (Å²) in [7, 11) is 1.92. The minimum atomic E-state index is -0.668. The van der Waals surface area contributed by atoms with Crippen molar-refractivity contribution < 1.29 is 14.6 Å². The maximum absolute atomic E-state index is 10.5. The third kappa shape index (κ3) is 7.56. The fraction of sp³-hybridized carbons (Fsp3) is 0.577. The van der Waals surface area contributed by atoms with Crippen molar-refractivity contribution in [2.75, 3.05) is 37.4 Å². The van der Waals surface area contributed by atoms with Crippen LogP contribution >= 0.6 is 11.3 Å². The molecule has 0 radical (unpaired) electrons. The molecule has 0 spiro atoms. The Hall–Kier alpha value is -2.89. The Morgan fingerprint density at radius 2 is 1.97 bits per heavy atom. The number of hydrogen-bond donors (Lipinski definition) is 4. The Morgan fingerprint density at radius 1 is 1.19 bits per heavy atom. The van der Waals surface area contributed by atoms with Gasteiger partial charge in [-0.25, -0.2) is 9.97 Å². The second-order valence-corrected chi connectivity index (χ2v) is 10.7. The van der Waals surface area contributed by atoms with Crippen LogP contribution < -0.4 is 16.0 Å². The van der Waals surface area contributed by atoms with Gasteiger partial charge in [-0.3, -0.25) is 9.78 Å². The van der Waals surface area contributed by atoms with Gasteiger partial charge in [-0.1, -0.05) is 0 Å². The predicted octanol–water partition coefficient (Wildman–Crippen LogP) is 3.93. The quantitative estimate of drug-likeness (QED) is 0.226. The molecule has 10 nitrogen and oxygen atoms in total. The molecule has 4 N–H and O–H groups in total. The molecule has 202 valence electrons. The third-order valence-electron chi connectivity index (χ3n) is 6.46. The lowest BCUT2D eigenvalue weighted by Crippen LogP contribution is -2.30. The summed E-state index contributed by atoms with van der Waals surface area (Å²) in [6, 6.07) is 2.26. The van der Waals surface area contributed by atoms with Crippen LogP contribution in [0.1, 0.15) is 51.4 Å². The fourth-order valence-electron chi connectivity index (χ4n) is 4.42. The van der Waals surface area contributed by atoms with Crippen molar-refractivity contribution in [2.24, 2.45) is 5.92 Å². The fourth-order valence-corrected chi connectivity index (χ4v) is 5.53. The van der Waals surface area contributed by atoms with Gasteiger partial charge in [0.25, 0.3) is 6.47 Å². The molecular weight excluding hydrogens is 490 g/mol. The van der Waals surface area contributed by atoms with Gasteiger partial charge in [0.15, 0.2) is 0 Å². The van der Waals surface area contributed by atoms with E-state index in [9.17, 15) is 9.90 Å². The van der Waals surface area contributed by atoms with Crippen LogP contribution in [0.4, 0.5) is 11.8 Å². The molecule has 1 aliphatic carbocycles. The SMILES string of the molecule is CCOC=O.CNCCNc1nc(C)c(-c2nc3c(C)nccc3s2)c(NC2CCC(C(C)(C)O)C2)n1. The maximum Gasteiger partial charge on any atom is 0.293 e. The minimum absolute atomic E-state index is 0.252. The number of hydrogen-bond acceptors (Lipinski definition) is 11. The Morgan fingerprint density at radius 3 is 2.57 bits per heavy atom. The largest absolute Gasteiger partial charge is 0.468 e. The summed E-state index contributed by atoms with van der Waals surface area (Å²) in [5, 5.41) is 21.5. The van der Waals surface area contributed by atoms with Crippen LogP contribution in [-0.2, 0) is 9.53 Å². The van der Waals surface area contributed by atoms with Crippen LogP contribution in [0.5, 0.6) is 0 Å². The van der Waals surface area contributed by atoms with Crippen molar-refractivity contribution in [2.45, 2.75) is 65.5 Å². The molecule has 2 unspecified atom stereocenters. The topological polar surface area (TPSA) is 134 Å². The Kier molecular flexibility index (Phi) is 10.1. The number of carbonyl (C=O) groups is 1. The van der Waals surface area contributed by atoms with E-state index in [4.69, 9.17) is 15.0 Å². The van der Waals surface area contributed by atoms with Crippen molar-refractivity contribution >= 4 is 39.8 Å². The molecule has 1 fully saturated rings. The molecule has 3 aromatic heterocycles. The van der Waals surface area contributed by atoms with Gasteiger partial charge >= 0.3 is 0 Å². The first-order valence-electron chi connectivity index (χ1n) is 12.7. The average Bonchev–Trinajstić information content (AvgIpc) is 3.48. The van der Waals surface area contributed by atoms with Crippen LogP contribution in [0, 0.1) is 19.8 Å².